The Morgan fingerprint density at radius 3 is 2.71 bits per heavy atom. The standard InChI is InChI=1S/C22H22Cl2N4O3/c1-15-17(21(24)28(27-15)12-16-6-2-3-7-18(16)23)8-9-20(30)31-13-19(29)26-22(14-25)10-4-5-11-22/h2-3,6-9H,4-5,10-13H2,1H3,(H,26,29)/b9-8+. The third kappa shape index (κ3) is 5.66. The first-order chi connectivity index (χ1) is 14.8. The van der Waals surface area contributed by atoms with Crippen LogP contribution in [0.25, 0.3) is 6.08 Å². The monoisotopic (exact) mass is 460 g/mol. The minimum Gasteiger partial charge on any atom is -0.452 e. The number of nitrogens with zero attached hydrogens (tertiary/aromatic N) is 3. The van der Waals surface area contributed by atoms with E-state index in [1.807, 2.05) is 18.2 Å². The Hall–Kier alpha value is -2.82. The van der Waals surface area contributed by atoms with Crippen molar-refractivity contribution in [2.75, 3.05) is 6.61 Å². The molecule has 0 atom stereocenters. The van der Waals surface area contributed by atoms with E-state index in [0.717, 1.165) is 18.4 Å². The molecular formula is C22H22Cl2N4O3. The third-order valence-electron chi connectivity index (χ3n) is 5.17. The molecule has 1 N–H and O–H groups in total. The molecule has 1 aromatic carbocycles. The largest absolute Gasteiger partial charge is 0.452 e. The highest BCUT2D eigenvalue weighted by atomic mass is 35.5. The van der Waals surface area contributed by atoms with Crippen LogP contribution in [-0.2, 0) is 20.9 Å². The molecule has 1 heterocycles. The van der Waals surface area contributed by atoms with Crippen molar-refractivity contribution in [1.82, 2.24) is 15.1 Å². The van der Waals surface area contributed by atoms with Gasteiger partial charge in [-0.05, 0) is 50.3 Å². The number of benzene rings is 1. The van der Waals surface area contributed by atoms with Crippen molar-refractivity contribution in [3.05, 3.63) is 57.3 Å². The van der Waals surface area contributed by atoms with Gasteiger partial charge in [-0.15, -0.1) is 0 Å². The quantitative estimate of drug-likeness (QED) is 0.496. The molecule has 1 saturated carbocycles. The fourth-order valence-corrected chi connectivity index (χ4v) is 4.02. The lowest BCUT2D eigenvalue weighted by Crippen LogP contribution is -2.46. The second kappa shape index (κ2) is 9.99. The van der Waals surface area contributed by atoms with Crippen LogP contribution < -0.4 is 5.32 Å². The van der Waals surface area contributed by atoms with E-state index in [1.54, 1.807) is 17.7 Å². The molecule has 0 spiro atoms. The number of amides is 1. The number of aryl methyl sites for hydroxylation is 1. The molecule has 1 aliphatic rings. The summed E-state index contributed by atoms with van der Waals surface area (Å²) in [6.07, 6.45) is 5.69. The van der Waals surface area contributed by atoms with E-state index >= 15 is 0 Å². The van der Waals surface area contributed by atoms with Gasteiger partial charge in [-0.3, -0.25) is 4.79 Å². The van der Waals surface area contributed by atoms with Crippen molar-refractivity contribution in [2.24, 2.45) is 0 Å². The van der Waals surface area contributed by atoms with E-state index in [9.17, 15) is 14.9 Å². The molecule has 1 amide bonds. The Morgan fingerprint density at radius 1 is 1.32 bits per heavy atom. The van der Waals surface area contributed by atoms with Gasteiger partial charge in [0.2, 0.25) is 0 Å². The summed E-state index contributed by atoms with van der Waals surface area (Å²) in [5.74, 6) is -1.19. The van der Waals surface area contributed by atoms with Crippen LogP contribution >= 0.6 is 23.2 Å². The molecule has 9 heteroatoms. The number of aromatic nitrogens is 2. The molecule has 31 heavy (non-hydrogen) atoms. The van der Waals surface area contributed by atoms with Crippen molar-refractivity contribution in [3.8, 4) is 6.07 Å². The molecule has 0 unspecified atom stereocenters. The Kier molecular flexibility index (Phi) is 7.37. The summed E-state index contributed by atoms with van der Waals surface area (Å²) >= 11 is 12.6. The summed E-state index contributed by atoms with van der Waals surface area (Å²) in [6.45, 7) is 1.71. The van der Waals surface area contributed by atoms with Gasteiger partial charge in [0.25, 0.3) is 5.91 Å². The lowest BCUT2D eigenvalue weighted by Gasteiger charge is -2.21. The fourth-order valence-electron chi connectivity index (χ4n) is 3.53. The van der Waals surface area contributed by atoms with Gasteiger partial charge in [-0.2, -0.15) is 10.4 Å². The number of carbonyl (C=O) groups is 2. The number of ether oxygens (including phenoxy) is 1. The van der Waals surface area contributed by atoms with Crippen LogP contribution in [0.4, 0.5) is 0 Å². The molecule has 0 saturated heterocycles. The fraction of sp³-hybridized carbons (Fsp3) is 0.364. The maximum Gasteiger partial charge on any atom is 0.331 e. The van der Waals surface area contributed by atoms with E-state index in [1.165, 1.54) is 12.2 Å². The summed E-state index contributed by atoms with van der Waals surface area (Å²) in [4.78, 5) is 24.1. The van der Waals surface area contributed by atoms with Crippen molar-refractivity contribution in [2.45, 2.75) is 44.7 Å². The van der Waals surface area contributed by atoms with Gasteiger partial charge in [0.05, 0.1) is 18.3 Å². The Morgan fingerprint density at radius 2 is 2.03 bits per heavy atom. The van der Waals surface area contributed by atoms with Gasteiger partial charge in [-0.25, -0.2) is 9.48 Å². The van der Waals surface area contributed by atoms with E-state index in [2.05, 4.69) is 16.5 Å². The molecule has 0 bridgehead atoms. The first kappa shape index (κ1) is 22.9. The second-order valence-corrected chi connectivity index (χ2v) is 8.19. The maximum absolute atomic E-state index is 12.0. The first-order valence-corrected chi connectivity index (χ1v) is 10.6. The highest BCUT2D eigenvalue weighted by Crippen LogP contribution is 2.28. The predicted molar refractivity (Wildman–Crippen MR) is 117 cm³/mol. The minimum absolute atomic E-state index is 0.358. The molecule has 2 aromatic rings. The summed E-state index contributed by atoms with van der Waals surface area (Å²) in [5, 5.41) is 17.3. The zero-order valence-corrected chi connectivity index (χ0v) is 18.5. The topological polar surface area (TPSA) is 97.0 Å². The van der Waals surface area contributed by atoms with Gasteiger partial charge < -0.3 is 10.1 Å². The first-order valence-electron chi connectivity index (χ1n) is 9.87. The van der Waals surface area contributed by atoms with Crippen LogP contribution in [0.3, 0.4) is 0 Å². The number of nitrogens with one attached hydrogen (secondary N) is 1. The number of nitriles is 1. The van der Waals surface area contributed by atoms with Gasteiger partial charge in [0, 0.05) is 16.7 Å². The predicted octanol–water partition coefficient (Wildman–Crippen LogP) is 4.06. The number of carbonyl (C=O) groups excluding carboxylic acids is 2. The van der Waals surface area contributed by atoms with Crippen molar-refractivity contribution < 1.29 is 14.3 Å². The van der Waals surface area contributed by atoms with Crippen LogP contribution in [0.5, 0.6) is 0 Å². The Labute approximate surface area is 190 Å². The summed E-state index contributed by atoms with van der Waals surface area (Å²) in [7, 11) is 0. The van der Waals surface area contributed by atoms with Crippen LogP contribution in [0, 0.1) is 18.3 Å². The molecule has 162 valence electrons. The van der Waals surface area contributed by atoms with E-state index in [-0.39, 0.29) is 0 Å². The average Bonchev–Trinajstić information content (AvgIpc) is 3.31. The van der Waals surface area contributed by atoms with Gasteiger partial charge in [0.15, 0.2) is 6.61 Å². The van der Waals surface area contributed by atoms with Crippen LogP contribution in [0.1, 0.15) is 42.5 Å². The SMILES string of the molecule is Cc1nn(Cc2ccccc2Cl)c(Cl)c1/C=C/C(=O)OCC(=O)NC1(C#N)CCCC1. The van der Waals surface area contributed by atoms with E-state index in [0.29, 0.717) is 40.8 Å². The molecule has 1 fully saturated rings. The highest BCUT2D eigenvalue weighted by molar-refractivity contribution is 6.32. The molecular weight excluding hydrogens is 439 g/mol. The highest BCUT2D eigenvalue weighted by Gasteiger charge is 2.35. The van der Waals surface area contributed by atoms with Crippen LogP contribution in [0.2, 0.25) is 10.2 Å². The maximum atomic E-state index is 12.0. The number of hydrogen-bond acceptors (Lipinski definition) is 5. The van der Waals surface area contributed by atoms with Crippen LogP contribution in [-0.4, -0.2) is 33.8 Å². The zero-order valence-electron chi connectivity index (χ0n) is 17.0. The molecule has 0 aliphatic heterocycles. The lowest BCUT2D eigenvalue weighted by molar-refractivity contribution is -0.144. The number of halogens is 2. The molecule has 7 nitrogen and oxygen atoms in total. The summed E-state index contributed by atoms with van der Waals surface area (Å²) in [5.41, 5.74) is 1.23. The number of hydrogen-bond donors (Lipinski definition) is 1. The minimum atomic E-state index is -0.847. The zero-order chi connectivity index (χ0) is 22.4. The Balaban J connectivity index is 1.58. The molecule has 1 aromatic heterocycles. The molecule has 3 rings (SSSR count). The van der Waals surface area contributed by atoms with Gasteiger partial charge in [0.1, 0.15) is 10.7 Å². The molecule has 1 aliphatic carbocycles. The normalized spacial score (nSPS) is 15.0. The average molecular weight is 461 g/mol. The van der Waals surface area contributed by atoms with Crippen LogP contribution in [0.15, 0.2) is 30.3 Å². The van der Waals surface area contributed by atoms with Gasteiger partial charge >= 0.3 is 5.97 Å². The van der Waals surface area contributed by atoms with E-state index < -0.39 is 24.0 Å². The summed E-state index contributed by atoms with van der Waals surface area (Å²) in [6, 6.07) is 9.56. The summed E-state index contributed by atoms with van der Waals surface area (Å²) < 4.78 is 6.59. The van der Waals surface area contributed by atoms with E-state index in [4.69, 9.17) is 27.9 Å². The Bertz CT molecular complexity index is 1050. The second-order valence-electron chi connectivity index (χ2n) is 7.43. The number of esters is 1. The lowest BCUT2D eigenvalue weighted by atomic mass is 10.00. The third-order valence-corrected chi connectivity index (χ3v) is 5.94. The van der Waals surface area contributed by atoms with Gasteiger partial charge in [-0.1, -0.05) is 41.4 Å². The smallest absolute Gasteiger partial charge is 0.331 e. The number of rotatable bonds is 7. The van der Waals surface area contributed by atoms with Crippen molar-refractivity contribution >= 4 is 41.2 Å². The molecule has 0 radical (unpaired) electrons. The van der Waals surface area contributed by atoms with Crippen molar-refractivity contribution in [1.29, 1.82) is 5.26 Å². The van der Waals surface area contributed by atoms with Crippen molar-refractivity contribution in [3.63, 3.8) is 0 Å².